The number of primary amides is 1. The molecule has 0 aliphatic rings. The molecular weight excluding hydrogens is 210 g/mol. The Labute approximate surface area is 91.8 Å². The molecule has 0 aliphatic carbocycles. The molecule has 0 bridgehead atoms. The zero-order chi connectivity index (χ0) is 12.0. The van der Waals surface area contributed by atoms with Crippen LogP contribution in [0.15, 0.2) is 30.3 Å². The van der Waals surface area contributed by atoms with Crippen LogP contribution in [0.4, 0.5) is 9.59 Å². The fourth-order valence-corrected chi connectivity index (χ4v) is 1.10. The van der Waals surface area contributed by atoms with Crippen LogP contribution in [0, 0.1) is 0 Å². The number of amides is 5. The minimum absolute atomic E-state index is 0.0625. The average Bonchev–Trinajstić information content (AvgIpc) is 2.17. The van der Waals surface area contributed by atoms with Gasteiger partial charge in [-0.05, 0) is 5.56 Å². The highest BCUT2D eigenvalue weighted by Crippen LogP contribution is 1.98. The monoisotopic (exact) mass is 221 g/mol. The van der Waals surface area contributed by atoms with Gasteiger partial charge in [0.05, 0.1) is 6.42 Å². The first-order valence-corrected chi connectivity index (χ1v) is 4.52. The largest absolute Gasteiger partial charge is 0.351 e. The van der Waals surface area contributed by atoms with E-state index in [4.69, 9.17) is 5.73 Å². The van der Waals surface area contributed by atoms with Crippen LogP contribution >= 0.6 is 0 Å². The lowest BCUT2D eigenvalue weighted by molar-refractivity contribution is -0.119. The lowest BCUT2D eigenvalue weighted by atomic mass is 10.1. The summed E-state index contributed by atoms with van der Waals surface area (Å²) < 4.78 is 0. The number of benzene rings is 1. The summed E-state index contributed by atoms with van der Waals surface area (Å²) in [6.07, 6.45) is 0.0625. The van der Waals surface area contributed by atoms with Crippen LogP contribution < -0.4 is 16.4 Å². The third kappa shape index (κ3) is 4.23. The fourth-order valence-electron chi connectivity index (χ4n) is 1.10. The van der Waals surface area contributed by atoms with Crippen LogP contribution in [0.1, 0.15) is 5.56 Å². The minimum atomic E-state index is -1.01. The van der Waals surface area contributed by atoms with E-state index in [1.807, 2.05) is 11.4 Å². The number of imide groups is 2. The normalized spacial score (nSPS) is 9.25. The van der Waals surface area contributed by atoms with Crippen molar-refractivity contribution in [3.8, 4) is 0 Å². The Hall–Kier alpha value is -2.37. The second-order valence-corrected chi connectivity index (χ2v) is 3.03. The van der Waals surface area contributed by atoms with E-state index in [0.29, 0.717) is 0 Å². The molecule has 0 aromatic heterocycles. The van der Waals surface area contributed by atoms with Crippen molar-refractivity contribution in [3.05, 3.63) is 35.9 Å². The van der Waals surface area contributed by atoms with E-state index in [9.17, 15) is 14.4 Å². The standard InChI is InChI=1S/C10H11N3O3/c11-9(15)13-10(16)12-8(14)6-7-4-2-1-3-5-7/h1-5H,6H2,(H4,11,12,13,14,15,16). The molecular formula is C10H11N3O3. The van der Waals surface area contributed by atoms with E-state index >= 15 is 0 Å². The highest BCUT2D eigenvalue weighted by molar-refractivity contribution is 6.01. The maximum atomic E-state index is 11.3. The fraction of sp³-hybridized carbons (Fsp3) is 0.100. The Kier molecular flexibility index (Phi) is 4.02. The minimum Gasteiger partial charge on any atom is -0.351 e. The summed E-state index contributed by atoms with van der Waals surface area (Å²) in [5, 5.41) is 3.70. The first-order chi connectivity index (χ1) is 7.58. The van der Waals surface area contributed by atoms with E-state index in [1.165, 1.54) is 0 Å². The number of carbonyl (C=O) groups excluding carboxylic acids is 3. The van der Waals surface area contributed by atoms with Gasteiger partial charge in [0.2, 0.25) is 5.91 Å². The van der Waals surface area contributed by atoms with Crippen LogP contribution in [-0.4, -0.2) is 18.0 Å². The lowest BCUT2D eigenvalue weighted by Gasteiger charge is -2.03. The van der Waals surface area contributed by atoms with Crippen molar-refractivity contribution < 1.29 is 14.4 Å². The van der Waals surface area contributed by atoms with Gasteiger partial charge in [-0.1, -0.05) is 30.3 Å². The van der Waals surface area contributed by atoms with Crippen molar-refractivity contribution in [2.45, 2.75) is 6.42 Å². The molecule has 0 saturated carbocycles. The maximum absolute atomic E-state index is 11.3. The Balaban J connectivity index is 2.42. The maximum Gasteiger partial charge on any atom is 0.329 e. The SMILES string of the molecule is NC(=O)NC(=O)NC(=O)Cc1ccccc1. The molecule has 0 unspecified atom stereocenters. The molecule has 84 valence electrons. The van der Waals surface area contributed by atoms with E-state index in [2.05, 4.69) is 0 Å². The van der Waals surface area contributed by atoms with Crippen molar-refractivity contribution in [2.24, 2.45) is 5.73 Å². The average molecular weight is 221 g/mol. The predicted molar refractivity (Wildman–Crippen MR) is 56.4 cm³/mol. The second-order valence-electron chi connectivity index (χ2n) is 3.03. The number of nitrogens with two attached hydrogens (primary N) is 1. The summed E-state index contributed by atoms with van der Waals surface area (Å²) >= 11 is 0. The molecule has 5 amide bonds. The number of nitrogens with one attached hydrogen (secondary N) is 2. The molecule has 0 radical (unpaired) electrons. The summed E-state index contributed by atoms with van der Waals surface area (Å²) in [7, 11) is 0. The zero-order valence-corrected chi connectivity index (χ0v) is 8.40. The number of hydrogen-bond donors (Lipinski definition) is 3. The Morgan fingerprint density at radius 2 is 1.69 bits per heavy atom. The molecule has 0 atom stereocenters. The summed E-state index contributed by atoms with van der Waals surface area (Å²) in [6.45, 7) is 0. The van der Waals surface area contributed by atoms with E-state index in [0.717, 1.165) is 5.56 Å². The van der Waals surface area contributed by atoms with Crippen molar-refractivity contribution in [1.29, 1.82) is 0 Å². The molecule has 0 spiro atoms. The Morgan fingerprint density at radius 3 is 2.25 bits per heavy atom. The molecule has 0 saturated heterocycles. The number of carbonyl (C=O) groups is 3. The Bertz CT molecular complexity index is 403. The van der Waals surface area contributed by atoms with Gasteiger partial charge in [-0.2, -0.15) is 0 Å². The van der Waals surface area contributed by atoms with Gasteiger partial charge in [-0.3, -0.25) is 15.4 Å². The zero-order valence-electron chi connectivity index (χ0n) is 8.40. The van der Waals surface area contributed by atoms with Crippen LogP contribution in [-0.2, 0) is 11.2 Å². The van der Waals surface area contributed by atoms with Crippen LogP contribution in [0.5, 0.6) is 0 Å². The molecule has 6 nitrogen and oxygen atoms in total. The highest BCUT2D eigenvalue weighted by Gasteiger charge is 2.09. The van der Waals surface area contributed by atoms with Crippen LogP contribution in [0.2, 0.25) is 0 Å². The molecule has 0 fully saturated rings. The topological polar surface area (TPSA) is 101 Å². The Morgan fingerprint density at radius 1 is 1.06 bits per heavy atom. The van der Waals surface area contributed by atoms with Crippen molar-refractivity contribution in [1.82, 2.24) is 10.6 Å². The summed E-state index contributed by atoms with van der Waals surface area (Å²) in [5.74, 6) is -0.509. The molecule has 0 heterocycles. The van der Waals surface area contributed by atoms with Gasteiger partial charge in [0.25, 0.3) is 0 Å². The van der Waals surface area contributed by atoms with Crippen LogP contribution in [0.3, 0.4) is 0 Å². The molecule has 4 N–H and O–H groups in total. The molecule has 1 aromatic carbocycles. The first-order valence-electron chi connectivity index (χ1n) is 4.52. The number of rotatable bonds is 2. The van der Waals surface area contributed by atoms with Gasteiger partial charge in [0, 0.05) is 0 Å². The van der Waals surface area contributed by atoms with Gasteiger partial charge in [-0.25, -0.2) is 9.59 Å². The van der Waals surface area contributed by atoms with E-state index in [1.54, 1.807) is 29.6 Å². The van der Waals surface area contributed by atoms with Gasteiger partial charge in [0.15, 0.2) is 0 Å². The molecule has 1 aromatic rings. The van der Waals surface area contributed by atoms with Crippen molar-refractivity contribution >= 4 is 18.0 Å². The quantitative estimate of drug-likeness (QED) is 0.661. The molecule has 1 rings (SSSR count). The third-order valence-electron chi connectivity index (χ3n) is 1.70. The van der Waals surface area contributed by atoms with Gasteiger partial charge in [-0.15, -0.1) is 0 Å². The molecule has 16 heavy (non-hydrogen) atoms. The molecule has 0 aliphatic heterocycles. The van der Waals surface area contributed by atoms with Crippen molar-refractivity contribution in [2.75, 3.05) is 0 Å². The van der Waals surface area contributed by atoms with E-state index in [-0.39, 0.29) is 6.42 Å². The summed E-state index contributed by atoms with van der Waals surface area (Å²) in [4.78, 5) is 32.5. The number of hydrogen-bond acceptors (Lipinski definition) is 3. The smallest absolute Gasteiger partial charge is 0.329 e. The van der Waals surface area contributed by atoms with Gasteiger partial charge < -0.3 is 5.73 Å². The number of urea groups is 2. The third-order valence-corrected chi connectivity index (χ3v) is 1.70. The molecule has 6 heteroatoms. The van der Waals surface area contributed by atoms with Gasteiger partial charge in [0.1, 0.15) is 0 Å². The predicted octanol–water partition coefficient (Wildman–Crippen LogP) is 0.134. The lowest BCUT2D eigenvalue weighted by Crippen LogP contribution is -2.45. The van der Waals surface area contributed by atoms with E-state index < -0.39 is 18.0 Å². The summed E-state index contributed by atoms with van der Waals surface area (Å²) in [6, 6.07) is 6.97. The van der Waals surface area contributed by atoms with Gasteiger partial charge >= 0.3 is 12.1 Å². The summed E-state index contributed by atoms with van der Waals surface area (Å²) in [5.41, 5.74) is 5.47. The van der Waals surface area contributed by atoms with Crippen LogP contribution in [0.25, 0.3) is 0 Å². The first kappa shape index (κ1) is 11.7. The van der Waals surface area contributed by atoms with Crippen molar-refractivity contribution in [3.63, 3.8) is 0 Å². The highest BCUT2D eigenvalue weighted by atomic mass is 16.2. The second kappa shape index (κ2) is 5.50.